The van der Waals surface area contributed by atoms with Crippen LogP contribution in [0.1, 0.15) is 115 Å². The first-order chi connectivity index (χ1) is 19.6. The van der Waals surface area contributed by atoms with Gasteiger partial charge in [0.2, 0.25) is 0 Å². The first kappa shape index (κ1) is 40.8. The summed E-state index contributed by atoms with van der Waals surface area (Å²) in [5.74, 6) is 0.626. The van der Waals surface area contributed by atoms with Gasteiger partial charge in [-0.1, -0.05) is 115 Å². The predicted octanol–water partition coefficient (Wildman–Crippen LogP) is 1.31. The molecule has 0 N–H and O–H groups in total. The van der Waals surface area contributed by atoms with E-state index in [9.17, 15) is 25.9 Å². The van der Waals surface area contributed by atoms with Crippen molar-refractivity contribution in [1.29, 1.82) is 0 Å². The number of aryl methyl sites for hydroxylation is 1. The van der Waals surface area contributed by atoms with E-state index in [1.54, 1.807) is 16.7 Å². The molecule has 228 valence electrons. The number of aromatic nitrogens is 2. The zero-order valence-corrected chi connectivity index (χ0v) is 31.9. The van der Waals surface area contributed by atoms with E-state index in [0.717, 1.165) is 19.3 Å². The van der Waals surface area contributed by atoms with Crippen LogP contribution in [0, 0.1) is 0 Å². The summed E-state index contributed by atoms with van der Waals surface area (Å²) in [6, 6.07) is 10.0. The number of fused-ring (bicyclic) bond motifs is 1. The molecule has 0 spiro atoms. The summed E-state index contributed by atoms with van der Waals surface area (Å²) >= 11 is 0. The number of para-hydroxylation sites is 1. The first-order valence-corrected chi connectivity index (χ1v) is 17.9. The second-order valence-corrected chi connectivity index (χ2v) is 13.7. The third-order valence-electron chi connectivity index (χ3n) is 7.61. The van der Waals surface area contributed by atoms with Gasteiger partial charge in [-0.2, -0.15) is 0 Å². The molecule has 0 amide bonds. The third-order valence-corrected chi connectivity index (χ3v) is 9.31. The second-order valence-electron chi connectivity index (χ2n) is 11.0. The number of imidazole rings is 1. The number of benzene rings is 2. The Morgan fingerprint density at radius 1 is 0.674 bits per heavy atom. The summed E-state index contributed by atoms with van der Waals surface area (Å²) in [6.07, 6.45) is 19.4. The molecular weight excluding hydrogens is 606 g/mol. The molecule has 1 aromatic heterocycles. The van der Waals surface area contributed by atoms with Crippen LogP contribution in [-0.4, -0.2) is 35.5 Å². The molecule has 12 heteroatoms. The van der Waals surface area contributed by atoms with Crippen LogP contribution in [0.25, 0.3) is 11.0 Å². The van der Waals surface area contributed by atoms with Gasteiger partial charge in [-0.3, -0.25) is 0 Å². The van der Waals surface area contributed by atoms with Gasteiger partial charge in [-0.25, -0.2) is 21.8 Å². The van der Waals surface area contributed by atoms with E-state index in [-0.39, 0.29) is 81.0 Å². The number of hydrogen-bond acceptors (Lipinski definition) is 7. The first-order valence-electron chi connectivity index (χ1n) is 15.1. The van der Waals surface area contributed by atoms with Crippen LogP contribution >= 0.6 is 0 Å². The van der Waals surface area contributed by atoms with Gasteiger partial charge in [0.25, 0.3) is 0 Å². The predicted molar refractivity (Wildman–Crippen MR) is 160 cm³/mol. The van der Waals surface area contributed by atoms with Gasteiger partial charge in [0.15, 0.2) is 0 Å². The molecule has 0 aliphatic rings. The van der Waals surface area contributed by atoms with Crippen LogP contribution in [0.2, 0.25) is 0 Å². The minimum atomic E-state index is -4.77. The molecular formula is C31H44N2Na2O6S2. The van der Waals surface area contributed by atoms with E-state index in [0.29, 0.717) is 23.3 Å². The fourth-order valence-corrected chi connectivity index (χ4v) is 6.64. The van der Waals surface area contributed by atoms with Gasteiger partial charge in [0.05, 0.1) is 20.8 Å². The van der Waals surface area contributed by atoms with E-state index in [2.05, 4.69) is 11.9 Å². The van der Waals surface area contributed by atoms with Crippen molar-refractivity contribution in [3.63, 3.8) is 0 Å². The molecule has 3 aromatic rings. The van der Waals surface area contributed by atoms with Crippen molar-refractivity contribution in [2.75, 3.05) is 0 Å². The fourth-order valence-electron chi connectivity index (χ4n) is 5.40. The molecule has 3 rings (SSSR count). The van der Waals surface area contributed by atoms with Crippen LogP contribution in [0.15, 0.2) is 52.3 Å². The Kier molecular flexibility index (Phi) is 19.7. The standard InChI is InChI=1S/C31H46N2O6S2.2Na/c1-2-3-4-5-6-7-8-9-10-11-12-13-14-15-16-23-30-32-28-21-18-22-29(41(37,38)39)31(28)33(30)25-26-19-17-20-27(24-26)40(34,35)36;;/h17-22,24H,2-16,23,25H2,1H3,(H,34,35,36)(H,37,38,39);;/q;2*+1/p-2. The molecule has 2 aromatic carbocycles. The molecule has 0 aliphatic heterocycles. The monoisotopic (exact) mass is 650 g/mol. The summed E-state index contributed by atoms with van der Waals surface area (Å²) in [5.41, 5.74) is 1.09. The van der Waals surface area contributed by atoms with E-state index < -0.39 is 20.2 Å². The van der Waals surface area contributed by atoms with Crippen LogP contribution in [0.4, 0.5) is 0 Å². The van der Waals surface area contributed by atoms with Crippen molar-refractivity contribution in [3.05, 3.63) is 53.9 Å². The zero-order chi connectivity index (χ0) is 29.7. The van der Waals surface area contributed by atoms with Crippen molar-refractivity contribution in [2.45, 2.75) is 126 Å². The Bertz CT molecular complexity index is 1460. The van der Waals surface area contributed by atoms with Gasteiger partial charge in [0, 0.05) is 13.0 Å². The van der Waals surface area contributed by atoms with Gasteiger partial charge in [0.1, 0.15) is 26.1 Å². The molecule has 8 nitrogen and oxygen atoms in total. The minimum absolute atomic E-state index is 0. The van der Waals surface area contributed by atoms with Gasteiger partial charge < -0.3 is 13.7 Å². The fraction of sp³-hybridized carbons (Fsp3) is 0.581. The SMILES string of the molecule is CCCCCCCCCCCCCCCCCc1nc2cccc(S(=O)(=O)[O-])c2n1Cc1cccc(S(=O)(=O)[O-])c1.[Na+].[Na+]. The number of unbranched alkanes of at least 4 members (excludes halogenated alkanes) is 14. The Balaban J connectivity index is 0.00000462. The second kappa shape index (κ2) is 20.8. The van der Waals surface area contributed by atoms with Crippen LogP contribution in [0.3, 0.4) is 0 Å². The summed E-state index contributed by atoms with van der Waals surface area (Å²) in [4.78, 5) is 3.91. The Labute approximate surface area is 302 Å². The van der Waals surface area contributed by atoms with Gasteiger partial charge in [-0.15, -0.1) is 0 Å². The summed E-state index contributed by atoms with van der Waals surface area (Å²) in [7, 11) is -9.42. The molecule has 0 atom stereocenters. The van der Waals surface area contributed by atoms with Crippen LogP contribution in [-0.2, 0) is 33.2 Å². The maximum Gasteiger partial charge on any atom is 1.00 e. The summed E-state index contributed by atoms with van der Waals surface area (Å²) < 4.78 is 72.4. The van der Waals surface area contributed by atoms with Gasteiger partial charge in [-0.05, 0) is 36.2 Å². The number of nitrogens with zero attached hydrogens (tertiary/aromatic N) is 2. The van der Waals surface area contributed by atoms with Crippen molar-refractivity contribution in [3.8, 4) is 0 Å². The van der Waals surface area contributed by atoms with Crippen molar-refractivity contribution in [2.24, 2.45) is 0 Å². The maximum atomic E-state index is 12.0. The van der Waals surface area contributed by atoms with Crippen molar-refractivity contribution >= 4 is 31.3 Å². The number of hydrogen-bond donors (Lipinski definition) is 0. The molecule has 0 bridgehead atoms. The van der Waals surface area contributed by atoms with E-state index in [1.165, 1.54) is 107 Å². The summed E-state index contributed by atoms with van der Waals surface area (Å²) in [5, 5.41) is 0. The Morgan fingerprint density at radius 2 is 1.19 bits per heavy atom. The Morgan fingerprint density at radius 3 is 1.70 bits per heavy atom. The van der Waals surface area contributed by atoms with Crippen molar-refractivity contribution in [1.82, 2.24) is 9.55 Å². The summed E-state index contributed by atoms with van der Waals surface area (Å²) in [6.45, 7) is 2.33. The molecule has 0 radical (unpaired) electrons. The quantitative estimate of drug-likeness (QED) is 0.102. The van der Waals surface area contributed by atoms with Crippen LogP contribution < -0.4 is 59.1 Å². The average molecular weight is 651 g/mol. The van der Waals surface area contributed by atoms with E-state index in [4.69, 9.17) is 0 Å². The topological polar surface area (TPSA) is 132 Å². The largest absolute Gasteiger partial charge is 1.00 e. The van der Waals surface area contributed by atoms with Gasteiger partial charge >= 0.3 is 59.1 Å². The zero-order valence-electron chi connectivity index (χ0n) is 26.2. The van der Waals surface area contributed by atoms with Crippen molar-refractivity contribution < 1.29 is 85.1 Å². The molecule has 0 aliphatic carbocycles. The smallest absolute Gasteiger partial charge is 0.744 e. The molecule has 0 saturated carbocycles. The molecule has 1 heterocycles. The average Bonchev–Trinajstić information content (AvgIpc) is 3.27. The third kappa shape index (κ3) is 13.9. The number of rotatable bonds is 20. The van der Waals surface area contributed by atoms with Crippen LogP contribution in [0.5, 0.6) is 0 Å². The maximum absolute atomic E-state index is 12.0. The molecule has 0 fully saturated rings. The molecule has 0 saturated heterocycles. The molecule has 0 unspecified atom stereocenters. The molecule has 43 heavy (non-hydrogen) atoms. The van der Waals surface area contributed by atoms with E-state index >= 15 is 0 Å². The minimum Gasteiger partial charge on any atom is -0.744 e. The normalized spacial score (nSPS) is 11.8. The Hall–Kier alpha value is -0.270. The van der Waals surface area contributed by atoms with E-state index in [1.807, 2.05) is 0 Å².